The number of fused-ring (bicyclic) bond motifs is 1. The van der Waals surface area contributed by atoms with Gasteiger partial charge in [0.05, 0.1) is 17.4 Å². The Balaban J connectivity index is 1.89. The van der Waals surface area contributed by atoms with Gasteiger partial charge in [0.1, 0.15) is 5.82 Å². The molecule has 17 heavy (non-hydrogen) atoms. The van der Waals surface area contributed by atoms with Gasteiger partial charge in [0.15, 0.2) is 0 Å². The molecule has 0 radical (unpaired) electrons. The minimum atomic E-state index is -0.192. The van der Waals surface area contributed by atoms with Crippen LogP contribution in [0.25, 0.3) is 0 Å². The predicted molar refractivity (Wildman–Crippen MR) is 67.7 cm³/mol. The Morgan fingerprint density at radius 1 is 1.00 bits per heavy atom. The number of benzene rings is 2. The van der Waals surface area contributed by atoms with E-state index in [2.05, 4.69) is 10.6 Å². The Hall–Kier alpha value is -2.03. The van der Waals surface area contributed by atoms with Crippen molar-refractivity contribution in [2.75, 3.05) is 17.2 Å². The molecular formula is C14H13FN2. The van der Waals surface area contributed by atoms with E-state index in [-0.39, 0.29) is 11.9 Å². The van der Waals surface area contributed by atoms with E-state index in [1.807, 2.05) is 30.3 Å². The summed E-state index contributed by atoms with van der Waals surface area (Å²) in [4.78, 5) is 0. The monoisotopic (exact) mass is 228 g/mol. The van der Waals surface area contributed by atoms with Crippen LogP contribution in [0.15, 0.2) is 48.5 Å². The third-order valence-electron chi connectivity index (χ3n) is 3.00. The Kier molecular flexibility index (Phi) is 2.44. The van der Waals surface area contributed by atoms with Crippen LogP contribution in [-0.4, -0.2) is 6.54 Å². The number of hydrogen-bond donors (Lipinski definition) is 2. The summed E-state index contributed by atoms with van der Waals surface area (Å²) >= 11 is 0. The van der Waals surface area contributed by atoms with E-state index in [0.29, 0.717) is 0 Å². The van der Waals surface area contributed by atoms with Crippen molar-refractivity contribution in [2.45, 2.75) is 6.04 Å². The van der Waals surface area contributed by atoms with Crippen LogP contribution in [0, 0.1) is 5.82 Å². The highest BCUT2D eigenvalue weighted by molar-refractivity contribution is 5.71. The van der Waals surface area contributed by atoms with Gasteiger partial charge in [0.2, 0.25) is 0 Å². The second kappa shape index (κ2) is 4.09. The number of para-hydroxylation sites is 2. The molecule has 1 aliphatic heterocycles. The first-order chi connectivity index (χ1) is 8.33. The molecule has 2 N–H and O–H groups in total. The fourth-order valence-corrected chi connectivity index (χ4v) is 2.14. The Bertz CT molecular complexity index is 539. The molecule has 0 amide bonds. The third kappa shape index (κ3) is 1.96. The van der Waals surface area contributed by atoms with Gasteiger partial charge in [0.25, 0.3) is 0 Å². The molecule has 0 fully saturated rings. The number of anilines is 2. The first-order valence-corrected chi connectivity index (χ1v) is 5.68. The predicted octanol–water partition coefficient (Wildman–Crippen LogP) is 3.40. The summed E-state index contributed by atoms with van der Waals surface area (Å²) in [6.45, 7) is 0.764. The molecule has 2 aromatic carbocycles. The summed E-state index contributed by atoms with van der Waals surface area (Å²) < 4.78 is 13.2. The van der Waals surface area contributed by atoms with Crippen LogP contribution in [-0.2, 0) is 0 Å². The summed E-state index contributed by atoms with van der Waals surface area (Å²) in [5, 5.41) is 6.76. The van der Waals surface area contributed by atoms with Crippen molar-refractivity contribution in [3.63, 3.8) is 0 Å². The third-order valence-corrected chi connectivity index (χ3v) is 3.00. The van der Waals surface area contributed by atoms with Gasteiger partial charge < -0.3 is 10.6 Å². The lowest BCUT2D eigenvalue weighted by molar-refractivity contribution is 0.622. The zero-order valence-corrected chi connectivity index (χ0v) is 9.28. The average Bonchev–Trinajstić information content (AvgIpc) is 2.38. The minimum Gasteiger partial charge on any atom is -0.381 e. The number of hydrogen-bond acceptors (Lipinski definition) is 2. The van der Waals surface area contributed by atoms with Crippen molar-refractivity contribution in [1.29, 1.82) is 0 Å². The van der Waals surface area contributed by atoms with Crippen LogP contribution in [0.5, 0.6) is 0 Å². The normalized spacial score (nSPS) is 17.8. The van der Waals surface area contributed by atoms with E-state index in [1.165, 1.54) is 6.07 Å². The zero-order chi connectivity index (χ0) is 11.7. The molecule has 2 nitrogen and oxygen atoms in total. The highest BCUT2D eigenvalue weighted by atomic mass is 19.1. The molecule has 1 heterocycles. The Labute approximate surface area is 99.5 Å². The van der Waals surface area contributed by atoms with Gasteiger partial charge in [-0.05, 0) is 29.8 Å². The lowest BCUT2D eigenvalue weighted by atomic mass is 10.0. The molecule has 2 aromatic rings. The summed E-state index contributed by atoms with van der Waals surface area (Å²) in [6, 6.07) is 14.9. The number of rotatable bonds is 1. The van der Waals surface area contributed by atoms with Gasteiger partial charge in [-0.3, -0.25) is 0 Å². The van der Waals surface area contributed by atoms with Crippen LogP contribution in [0.3, 0.4) is 0 Å². The van der Waals surface area contributed by atoms with Crippen LogP contribution in [0.2, 0.25) is 0 Å². The van der Waals surface area contributed by atoms with Gasteiger partial charge in [0, 0.05) is 6.54 Å². The minimum absolute atomic E-state index is 0.112. The van der Waals surface area contributed by atoms with Gasteiger partial charge in [-0.15, -0.1) is 0 Å². The molecule has 0 aliphatic carbocycles. The topological polar surface area (TPSA) is 24.1 Å². The van der Waals surface area contributed by atoms with E-state index in [1.54, 1.807) is 12.1 Å². The van der Waals surface area contributed by atoms with E-state index >= 15 is 0 Å². The zero-order valence-electron chi connectivity index (χ0n) is 9.28. The molecule has 3 rings (SSSR count). The van der Waals surface area contributed by atoms with Crippen molar-refractivity contribution in [3.05, 3.63) is 59.9 Å². The lowest BCUT2D eigenvalue weighted by Crippen LogP contribution is -2.25. The van der Waals surface area contributed by atoms with Gasteiger partial charge >= 0.3 is 0 Å². The lowest BCUT2D eigenvalue weighted by Gasteiger charge is -2.28. The largest absolute Gasteiger partial charge is 0.381 e. The van der Waals surface area contributed by atoms with Crippen LogP contribution >= 0.6 is 0 Å². The summed E-state index contributed by atoms with van der Waals surface area (Å²) in [6.07, 6.45) is 0. The van der Waals surface area contributed by atoms with E-state index in [0.717, 1.165) is 23.5 Å². The van der Waals surface area contributed by atoms with E-state index < -0.39 is 0 Å². The molecule has 1 aliphatic rings. The first kappa shape index (κ1) is 10.1. The van der Waals surface area contributed by atoms with Gasteiger partial charge in [-0.25, -0.2) is 4.39 Å². The highest BCUT2D eigenvalue weighted by Crippen LogP contribution is 2.31. The van der Waals surface area contributed by atoms with Crippen molar-refractivity contribution in [2.24, 2.45) is 0 Å². The maximum absolute atomic E-state index is 13.2. The van der Waals surface area contributed by atoms with Crippen molar-refractivity contribution in [1.82, 2.24) is 0 Å². The smallest absolute Gasteiger partial charge is 0.123 e. The average molecular weight is 228 g/mol. The Morgan fingerprint density at radius 3 is 2.65 bits per heavy atom. The fourth-order valence-electron chi connectivity index (χ4n) is 2.14. The van der Waals surface area contributed by atoms with Gasteiger partial charge in [-0.2, -0.15) is 0 Å². The summed E-state index contributed by atoms with van der Waals surface area (Å²) in [5.41, 5.74) is 3.13. The molecule has 86 valence electrons. The number of nitrogens with one attached hydrogen (secondary N) is 2. The Morgan fingerprint density at radius 2 is 1.82 bits per heavy atom. The standard InChI is InChI=1S/C14H13FN2/c15-11-5-3-4-10(8-11)14-9-16-12-6-1-2-7-13(12)17-14/h1-8,14,16-17H,9H2. The SMILES string of the molecule is Fc1cccc(C2CNc3ccccc3N2)c1. The second-order valence-electron chi connectivity index (χ2n) is 4.18. The molecule has 0 spiro atoms. The maximum Gasteiger partial charge on any atom is 0.123 e. The molecule has 1 atom stereocenters. The second-order valence-corrected chi connectivity index (χ2v) is 4.18. The molecule has 0 bridgehead atoms. The highest BCUT2D eigenvalue weighted by Gasteiger charge is 2.18. The molecule has 0 aromatic heterocycles. The van der Waals surface area contributed by atoms with Crippen molar-refractivity contribution >= 4 is 11.4 Å². The molecule has 0 saturated carbocycles. The summed E-state index contributed by atoms with van der Waals surface area (Å²) in [5.74, 6) is -0.192. The maximum atomic E-state index is 13.2. The van der Waals surface area contributed by atoms with Crippen LogP contribution in [0.1, 0.15) is 11.6 Å². The molecule has 0 saturated heterocycles. The molecule has 3 heteroatoms. The quantitative estimate of drug-likeness (QED) is 0.781. The van der Waals surface area contributed by atoms with Crippen molar-refractivity contribution in [3.8, 4) is 0 Å². The van der Waals surface area contributed by atoms with E-state index in [9.17, 15) is 4.39 Å². The summed E-state index contributed by atoms with van der Waals surface area (Å²) in [7, 11) is 0. The first-order valence-electron chi connectivity index (χ1n) is 5.68. The number of halogens is 1. The van der Waals surface area contributed by atoms with Gasteiger partial charge in [-0.1, -0.05) is 24.3 Å². The van der Waals surface area contributed by atoms with Crippen LogP contribution in [0.4, 0.5) is 15.8 Å². The van der Waals surface area contributed by atoms with E-state index in [4.69, 9.17) is 0 Å². The molecule has 1 unspecified atom stereocenters. The fraction of sp³-hybridized carbons (Fsp3) is 0.143. The van der Waals surface area contributed by atoms with Crippen molar-refractivity contribution < 1.29 is 4.39 Å². The van der Waals surface area contributed by atoms with Crippen LogP contribution < -0.4 is 10.6 Å². The molecular weight excluding hydrogens is 215 g/mol.